The number of carbonyl (C=O) groups is 2. The summed E-state index contributed by atoms with van der Waals surface area (Å²) < 4.78 is 1.78. The van der Waals surface area contributed by atoms with Gasteiger partial charge in [0.1, 0.15) is 0 Å². The summed E-state index contributed by atoms with van der Waals surface area (Å²) in [5, 5.41) is 7.56. The predicted octanol–water partition coefficient (Wildman–Crippen LogP) is 3.29. The maximum atomic E-state index is 13.2. The molecule has 0 saturated heterocycles. The molecule has 1 aliphatic heterocycles. The smallest absolute Gasteiger partial charge is 0.246 e. The summed E-state index contributed by atoms with van der Waals surface area (Å²) in [4.78, 5) is 27.5. The first kappa shape index (κ1) is 20.8. The Bertz CT molecular complexity index is 922. The van der Waals surface area contributed by atoms with Crippen LogP contribution in [0.1, 0.15) is 58.1 Å². The van der Waals surface area contributed by atoms with E-state index in [9.17, 15) is 9.59 Å². The molecule has 1 N–H and O–H groups in total. The molecule has 1 aromatic heterocycles. The third-order valence-corrected chi connectivity index (χ3v) is 9.66. The first-order valence-corrected chi connectivity index (χ1v) is 12.0. The zero-order chi connectivity index (χ0) is 22.0. The van der Waals surface area contributed by atoms with Gasteiger partial charge in [-0.15, -0.1) is 0 Å². The van der Waals surface area contributed by atoms with Crippen LogP contribution in [-0.2, 0) is 23.2 Å². The van der Waals surface area contributed by atoms with Crippen LogP contribution in [0.4, 0.5) is 0 Å². The molecule has 0 spiro atoms. The van der Waals surface area contributed by atoms with Crippen molar-refractivity contribution in [2.24, 2.45) is 41.5 Å². The summed E-state index contributed by atoms with van der Waals surface area (Å²) >= 11 is 0. The van der Waals surface area contributed by atoms with Crippen molar-refractivity contribution in [3.05, 3.63) is 30.1 Å². The van der Waals surface area contributed by atoms with Gasteiger partial charge in [0.25, 0.3) is 0 Å². The first-order chi connectivity index (χ1) is 14.7. The van der Waals surface area contributed by atoms with Crippen LogP contribution in [0.2, 0.25) is 0 Å². The molecule has 5 rings (SSSR count). The van der Waals surface area contributed by atoms with Crippen molar-refractivity contribution in [2.75, 3.05) is 7.05 Å². The molecule has 4 aliphatic rings. The number of rotatable bonds is 3. The van der Waals surface area contributed by atoms with Crippen molar-refractivity contribution in [3.8, 4) is 0 Å². The Morgan fingerprint density at radius 1 is 1.16 bits per heavy atom. The molecule has 31 heavy (non-hydrogen) atoms. The third-order valence-electron chi connectivity index (χ3n) is 9.66. The number of amides is 2. The molecule has 3 saturated carbocycles. The fraction of sp³-hybridized carbons (Fsp3) is 0.720. The van der Waals surface area contributed by atoms with E-state index in [1.54, 1.807) is 10.8 Å². The molecule has 2 heterocycles. The number of aromatic nitrogens is 2. The van der Waals surface area contributed by atoms with Crippen LogP contribution in [0, 0.1) is 34.5 Å². The fourth-order valence-electron chi connectivity index (χ4n) is 8.03. The molecule has 2 amide bonds. The van der Waals surface area contributed by atoms with Crippen LogP contribution in [0.15, 0.2) is 24.4 Å². The van der Waals surface area contributed by atoms with E-state index in [4.69, 9.17) is 0 Å². The second-order valence-corrected chi connectivity index (χ2v) is 11.0. The van der Waals surface area contributed by atoms with Crippen LogP contribution in [0.3, 0.4) is 0 Å². The van der Waals surface area contributed by atoms with Crippen molar-refractivity contribution >= 4 is 11.8 Å². The first-order valence-electron chi connectivity index (χ1n) is 12.0. The van der Waals surface area contributed by atoms with Gasteiger partial charge in [0, 0.05) is 37.7 Å². The third kappa shape index (κ3) is 3.08. The molecule has 3 fully saturated rings. The van der Waals surface area contributed by atoms with Crippen LogP contribution in [-0.4, -0.2) is 39.6 Å². The Morgan fingerprint density at radius 3 is 2.71 bits per heavy atom. The van der Waals surface area contributed by atoms with Crippen molar-refractivity contribution in [2.45, 2.75) is 65.0 Å². The number of fused-ring (bicyclic) bond motifs is 5. The summed E-state index contributed by atoms with van der Waals surface area (Å²) in [5.74, 6) is 2.31. The van der Waals surface area contributed by atoms with Gasteiger partial charge in [0.05, 0.1) is 12.2 Å². The maximum absolute atomic E-state index is 13.2. The Labute approximate surface area is 185 Å². The lowest BCUT2D eigenvalue weighted by Gasteiger charge is -2.60. The highest BCUT2D eigenvalue weighted by Gasteiger charge is 2.61. The van der Waals surface area contributed by atoms with E-state index in [0.717, 1.165) is 37.8 Å². The zero-order valence-corrected chi connectivity index (χ0v) is 19.3. The van der Waals surface area contributed by atoms with Crippen molar-refractivity contribution in [3.63, 3.8) is 0 Å². The molecule has 7 atom stereocenters. The summed E-state index contributed by atoms with van der Waals surface area (Å²) in [6.07, 6.45) is 12.6. The van der Waals surface area contributed by atoms with E-state index in [-0.39, 0.29) is 28.6 Å². The quantitative estimate of drug-likeness (QED) is 0.810. The second-order valence-electron chi connectivity index (χ2n) is 11.0. The van der Waals surface area contributed by atoms with Crippen LogP contribution < -0.4 is 5.32 Å². The van der Waals surface area contributed by atoms with E-state index in [0.29, 0.717) is 30.3 Å². The van der Waals surface area contributed by atoms with Gasteiger partial charge in [0.15, 0.2) is 0 Å². The zero-order valence-electron chi connectivity index (χ0n) is 19.3. The average Bonchev–Trinajstić information content (AvgIpc) is 3.32. The van der Waals surface area contributed by atoms with Crippen LogP contribution in [0.25, 0.3) is 0 Å². The number of nitrogens with zero attached hydrogens (tertiary/aromatic N) is 3. The minimum absolute atomic E-state index is 0.0617. The molecular weight excluding hydrogens is 388 g/mol. The highest BCUT2D eigenvalue weighted by atomic mass is 16.2. The highest BCUT2D eigenvalue weighted by molar-refractivity contribution is 5.89. The molecule has 3 aliphatic carbocycles. The monoisotopic (exact) mass is 424 g/mol. The minimum atomic E-state index is 0.0617. The second kappa shape index (κ2) is 7.21. The van der Waals surface area contributed by atoms with Gasteiger partial charge < -0.3 is 10.2 Å². The fourth-order valence-corrected chi connectivity index (χ4v) is 8.03. The van der Waals surface area contributed by atoms with E-state index in [1.807, 2.05) is 31.3 Å². The normalized spacial score (nSPS) is 41.5. The van der Waals surface area contributed by atoms with Crippen molar-refractivity contribution < 1.29 is 9.59 Å². The topological polar surface area (TPSA) is 67.2 Å². The summed E-state index contributed by atoms with van der Waals surface area (Å²) in [6.45, 7) is 5.27. The summed E-state index contributed by atoms with van der Waals surface area (Å²) in [5.41, 5.74) is 1.05. The average molecular weight is 425 g/mol. The minimum Gasteiger partial charge on any atom is -0.350 e. The Kier molecular flexibility index (Phi) is 4.83. The molecule has 0 radical (unpaired) electrons. The van der Waals surface area contributed by atoms with E-state index < -0.39 is 0 Å². The Hall–Kier alpha value is -2.11. The van der Waals surface area contributed by atoms with E-state index in [1.165, 1.54) is 6.42 Å². The van der Waals surface area contributed by atoms with Gasteiger partial charge in [0.2, 0.25) is 11.8 Å². The lowest BCUT2D eigenvalue weighted by atomic mass is 9.47. The maximum Gasteiger partial charge on any atom is 0.246 e. The number of aryl methyl sites for hydroxylation is 1. The highest BCUT2D eigenvalue weighted by Crippen LogP contribution is 2.65. The Balaban J connectivity index is 1.33. The molecule has 6 nitrogen and oxygen atoms in total. The van der Waals surface area contributed by atoms with E-state index >= 15 is 0 Å². The van der Waals surface area contributed by atoms with Crippen molar-refractivity contribution in [1.82, 2.24) is 20.0 Å². The summed E-state index contributed by atoms with van der Waals surface area (Å²) in [6, 6.07) is 2.28. The molecule has 2 unspecified atom stereocenters. The van der Waals surface area contributed by atoms with Gasteiger partial charge in [-0.2, -0.15) is 5.10 Å². The lowest BCUT2D eigenvalue weighted by molar-refractivity contribution is -0.142. The largest absolute Gasteiger partial charge is 0.350 e. The van der Waals surface area contributed by atoms with E-state index in [2.05, 4.69) is 30.3 Å². The number of nitrogens with one attached hydrogen (secondary N) is 1. The predicted molar refractivity (Wildman–Crippen MR) is 119 cm³/mol. The summed E-state index contributed by atoms with van der Waals surface area (Å²) in [7, 11) is 3.87. The standard InChI is InChI=1S/C25H36N4O2/c1-24-12-9-19-17(5-8-21-25(19,2)13-10-22(30)29(21)4)18(24)6-7-20(24)23(31)26-15-16-11-14-28(3)27-16/h10-11,13-14,17-21H,5-9,12,15H2,1-4H3,(H,26,31)/t17-,18-,19+,20?,21?,24-,25+/m0/s1. The molecule has 0 bridgehead atoms. The van der Waals surface area contributed by atoms with Gasteiger partial charge in [-0.1, -0.05) is 19.9 Å². The van der Waals surface area contributed by atoms with Gasteiger partial charge in [-0.05, 0) is 73.8 Å². The molecule has 0 aromatic carbocycles. The van der Waals surface area contributed by atoms with Crippen molar-refractivity contribution in [1.29, 1.82) is 0 Å². The molecule has 1 aromatic rings. The van der Waals surface area contributed by atoms with Gasteiger partial charge >= 0.3 is 0 Å². The number of carbonyl (C=O) groups excluding carboxylic acids is 2. The SMILES string of the molecule is CN1C(=O)C=C[C@@]2(C)C1CC[C@@H]1[C@H]2CC[C@]2(C)C(C(=O)NCc3ccn(C)n3)CC[C@@H]12. The lowest BCUT2D eigenvalue weighted by Crippen LogP contribution is -2.59. The Morgan fingerprint density at radius 2 is 1.97 bits per heavy atom. The molecule has 6 heteroatoms. The number of hydrogen-bond donors (Lipinski definition) is 1. The van der Waals surface area contributed by atoms with Crippen LogP contribution in [0.5, 0.6) is 0 Å². The van der Waals surface area contributed by atoms with Gasteiger partial charge in [-0.25, -0.2) is 0 Å². The number of likely N-dealkylation sites (N-methyl/N-ethyl adjacent to an activating group) is 1. The molecule has 168 valence electrons. The number of hydrogen-bond acceptors (Lipinski definition) is 3. The van der Waals surface area contributed by atoms with Gasteiger partial charge in [-0.3, -0.25) is 14.3 Å². The molecular formula is C25H36N4O2. The van der Waals surface area contributed by atoms with Crippen LogP contribution >= 0.6 is 0 Å².